The van der Waals surface area contributed by atoms with Gasteiger partial charge in [-0.1, -0.05) is 48.6 Å². The number of carbonyl (C=O) groups is 1. The molecule has 0 bridgehead atoms. The Hall–Kier alpha value is -2.81. The van der Waals surface area contributed by atoms with Gasteiger partial charge in [0.25, 0.3) is 5.91 Å². The molecule has 3 aromatic carbocycles. The molecule has 8 heteroatoms. The largest absolute Gasteiger partial charge is 0.319 e. The smallest absolute Gasteiger partial charge is 0.279 e. The van der Waals surface area contributed by atoms with Crippen molar-refractivity contribution in [2.45, 2.75) is 24.7 Å². The average molecular weight is 480 g/mol. The number of rotatable bonds is 3. The van der Waals surface area contributed by atoms with Crippen molar-refractivity contribution in [3.05, 3.63) is 71.0 Å². The second-order valence-corrected chi connectivity index (χ2v) is 11.6. The first-order valence-corrected chi connectivity index (χ1v) is 13.3. The van der Waals surface area contributed by atoms with Crippen LogP contribution in [0.4, 0.5) is 0 Å². The predicted octanol–water partition coefficient (Wildman–Crippen LogP) is 4.55. The number of nitrogens with zero attached hydrogens (tertiary/aromatic N) is 3. The van der Waals surface area contributed by atoms with E-state index in [9.17, 15) is 13.2 Å². The quantitative estimate of drug-likeness (QED) is 0.433. The lowest BCUT2D eigenvalue weighted by Gasteiger charge is -2.29. The maximum Gasteiger partial charge on any atom is 0.279 e. The highest BCUT2D eigenvalue weighted by atomic mass is 32.2. The summed E-state index contributed by atoms with van der Waals surface area (Å²) < 4.78 is 30.4. The lowest BCUT2D eigenvalue weighted by molar-refractivity contribution is 0.0998. The van der Waals surface area contributed by atoms with E-state index in [1.54, 1.807) is 12.1 Å². The number of aromatic nitrogens is 1. The Kier molecular flexibility index (Phi) is 5.68. The molecule has 1 fully saturated rings. The summed E-state index contributed by atoms with van der Waals surface area (Å²) in [5, 5.41) is 2.25. The highest BCUT2D eigenvalue weighted by Gasteiger charge is 2.28. The van der Waals surface area contributed by atoms with Crippen molar-refractivity contribution in [2.24, 2.45) is 18.0 Å². The number of piperidine rings is 1. The number of hydrogen-bond donors (Lipinski definition) is 0. The number of sulfonamides is 1. The van der Waals surface area contributed by atoms with Gasteiger partial charge < -0.3 is 4.57 Å². The third-order valence-corrected chi connectivity index (χ3v) is 9.38. The number of amides is 1. The van der Waals surface area contributed by atoms with Crippen LogP contribution in [0.2, 0.25) is 0 Å². The number of carbonyl (C=O) groups excluding carboxylic acids is 1. The molecule has 6 nitrogen and oxygen atoms in total. The zero-order valence-corrected chi connectivity index (χ0v) is 20.2. The second-order valence-electron chi connectivity index (χ2n) is 8.61. The number of fused-ring (bicyclic) bond motifs is 3. The summed E-state index contributed by atoms with van der Waals surface area (Å²) in [7, 11) is -1.63. The molecule has 0 aliphatic carbocycles. The molecule has 0 spiro atoms. The fourth-order valence-electron chi connectivity index (χ4n) is 4.32. The van der Waals surface area contributed by atoms with E-state index >= 15 is 0 Å². The van der Waals surface area contributed by atoms with Crippen LogP contribution < -0.4 is 4.80 Å². The van der Waals surface area contributed by atoms with E-state index in [1.807, 2.05) is 29.8 Å². The molecule has 1 aliphatic rings. The molecule has 1 saturated heterocycles. The van der Waals surface area contributed by atoms with Crippen LogP contribution in [0.15, 0.2) is 70.6 Å². The predicted molar refractivity (Wildman–Crippen MR) is 132 cm³/mol. The van der Waals surface area contributed by atoms with Crippen molar-refractivity contribution in [1.82, 2.24) is 8.87 Å². The van der Waals surface area contributed by atoms with Crippen LogP contribution in [-0.2, 0) is 17.1 Å². The van der Waals surface area contributed by atoms with Gasteiger partial charge in [0.1, 0.15) is 0 Å². The molecule has 0 N–H and O–H groups in total. The van der Waals surface area contributed by atoms with Crippen LogP contribution >= 0.6 is 11.3 Å². The van der Waals surface area contributed by atoms with Crippen molar-refractivity contribution < 1.29 is 13.2 Å². The molecule has 5 rings (SSSR count). The van der Waals surface area contributed by atoms with Crippen LogP contribution in [0.3, 0.4) is 0 Å². The first-order valence-electron chi connectivity index (χ1n) is 11.0. The van der Waals surface area contributed by atoms with Crippen molar-refractivity contribution >= 4 is 48.3 Å². The maximum atomic E-state index is 12.9. The van der Waals surface area contributed by atoms with Crippen molar-refractivity contribution in [3.8, 4) is 0 Å². The van der Waals surface area contributed by atoms with Gasteiger partial charge in [0.15, 0.2) is 4.80 Å². The van der Waals surface area contributed by atoms with Crippen LogP contribution in [0.1, 0.15) is 30.1 Å². The molecule has 0 unspecified atom stereocenters. The first kappa shape index (κ1) is 22.0. The Morgan fingerprint density at radius 3 is 2.42 bits per heavy atom. The summed E-state index contributed by atoms with van der Waals surface area (Å²) in [6.07, 6.45) is 1.74. The fourth-order valence-corrected chi connectivity index (χ4v) is 6.82. The minimum atomic E-state index is -3.54. The lowest BCUT2D eigenvalue weighted by atomic mass is 10.0. The first-order chi connectivity index (χ1) is 15.8. The van der Waals surface area contributed by atoms with E-state index in [-0.39, 0.29) is 4.90 Å². The highest BCUT2D eigenvalue weighted by Crippen LogP contribution is 2.27. The van der Waals surface area contributed by atoms with E-state index in [2.05, 4.69) is 30.1 Å². The molecule has 1 aliphatic heterocycles. The van der Waals surface area contributed by atoms with Gasteiger partial charge in [0.05, 0.1) is 15.1 Å². The van der Waals surface area contributed by atoms with Crippen molar-refractivity contribution in [2.75, 3.05) is 13.1 Å². The van der Waals surface area contributed by atoms with E-state index < -0.39 is 15.9 Å². The van der Waals surface area contributed by atoms with E-state index in [0.29, 0.717) is 29.4 Å². The van der Waals surface area contributed by atoms with Gasteiger partial charge in [-0.3, -0.25) is 4.79 Å². The normalized spacial score (nSPS) is 16.6. The molecular formula is C25H25N3O3S2. The Balaban J connectivity index is 1.45. The van der Waals surface area contributed by atoms with E-state index in [4.69, 9.17) is 0 Å². The van der Waals surface area contributed by atoms with Crippen LogP contribution in [0.5, 0.6) is 0 Å². The van der Waals surface area contributed by atoms with E-state index in [1.165, 1.54) is 27.8 Å². The molecule has 33 heavy (non-hydrogen) atoms. The molecule has 4 aromatic rings. The number of thiazole rings is 1. The van der Waals surface area contributed by atoms with Gasteiger partial charge in [-0.25, -0.2) is 8.42 Å². The molecule has 0 atom stereocenters. The summed E-state index contributed by atoms with van der Waals surface area (Å²) in [6, 6.07) is 18.4. The molecular weight excluding hydrogens is 454 g/mol. The van der Waals surface area contributed by atoms with Gasteiger partial charge in [-0.15, -0.1) is 0 Å². The summed E-state index contributed by atoms with van der Waals surface area (Å²) in [6.45, 7) is 3.22. The Labute approximate surface area is 196 Å². The summed E-state index contributed by atoms with van der Waals surface area (Å²) >= 11 is 1.46. The average Bonchev–Trinajstić information content (AvgIpc) is 3.15. The fraction of sp³-hybridized carbons (Fsp3) is 0.280. The molecule has 0 saturated carbocycles. The topological polar surface area (TPSA) is 71.7 Å². The van der Waals surface area contributed by atoms with Crippen molar-refractivity contribution in [3.63, 3.8) is 0 Å². The van der Waals surface area contributed by atoms with Gasteiger partial charge in [0, 0.05) is 31.1 Å². The molecule has 2 heterocycles. The number of hydrogen-bond acceptors (Lipinski definition) is 4. The Morgan fingerprint density at radius 2 is 1.70 bits per heavy atom. The standard InChI is InChI=1S/C25H25N3O3S2/c1-17-13-15-28(16-14-17)33(30,31)20-10-7-19(8-11-20)24(29)26-25-27(2)23-21-6-4-3-5-18(21)9-12-22(23)32-25/h3-12,17H,13-16H2,1-2H3. The Morgan fingerprint density at radius 1 is 1.00 bits per heavy atom. The third kappa shape index (κ3) is 4.03. The van der Waals surface area contributed by atoms with Gasteiger partial charge in [-0.05, 0) is 54.5 Å². The van der Waals surface area contributed by atoms with Gasteiger partial charge >= 0.3 is 0 Å². The molecule has 170 valence electrons. The number of aryl methyl sites for hydroxylation is 1. The van der Waals surface area contributed by atoms with Gasteiger partial charge in [0.2, 0.25) is 10.0 Å². The second kappa shape index (κ2) is 8.52. The zero-order valence-electron chi connectivity index (χ0n) is 18.6. The van der Waals surface area contributed by atoms with Crippen LogP contribution in [0.25, 0.3) is 21.0 Å². The SMILES string of the molecule is CC1CCN(S(=O)(=O)c2ccc(C(=O)N=c3sc4ccc5ccccc5c4n3C)cc2)CC1. The van der Waals surface area contributed by atoms with Crippen molar-refractivity contribution in [1.29, 1.82) is 0 Å². The lowest BCUT2D eigenvalue weighted by Crippen LogP contribution is -2.37. The molecule has 1 aromatic heterocycles. The highest BCUT2D eigenvalue weighted by molar-refractivity contribution is 7.89. The third-order valence-electron chi connectivity index (χ3n) is 6.37. The van der Waals surface area contributed by atoms with Crippen LogP contribution in [-0.4, -0.2) is 36.3 Å². The summed E-state index contributed by atoms with van der Waals surface area (Å²) in [5.74, 6) is 0.156. The minimum absolute atomic E-state index is 0.215. The van der Waals surface area contributed by atoms with Crippen LogP contribution in [0, 0.1) is 5.92 Å². The maximum absolute atomic E-state index is 12.9. The van der Waals surface area contributed by atoms with E-state index in [0.717, 1.165) is 33.8 Å². The summed E-state index contributed by atoms with van der Waals surface area (Å²) in [4.78, 5) is 18.0. The summed E-state index contributed by atoms with van der Waals surface area (Å²) in [5.41, 5.74) is 1.41. The molecule has 0 radical (unpaired) electrons. The number of benzene rings is 3. The molecule has 1 amide bonds. The Bertz CT molecular complexity index is 1520. The monoisotopic (exact) mass is 479 g/mol. The zero-order chi connectivity index (χ0) is 23.2. The van der Waals surface area contributed by atoms with Gasteiger partial charge in [-0.2, -0.15) is 9.30 Å². The minimum Gasteiger partial charge on any atom is -0.319 e.